The number of carbonyl (C=O) groups excluding carboxylic acids is 2. The van der Waals surface area contributed by atoms with Gasteiger partial charge in [0, 0.05) is 16.6 Å². The normalized spacial score (nSPS) is 12.5. The first-order chi connectivity index (χ1) is 13.6. The molecule has 1 amide bonds. The molecular weight excluding hydrogens is 396 g/mol. The number of carbonyl (C=O) groups is 2. The minimum absolute atomic E-state index is 0.0310. The Morgan fingerprint density at radius 1 is 1.17 bits per heavy atom. The second-order valence-corrected chi connectivity index (χ2v) is 8.19. The van der Waals surface area contributed by atoms with Gasteiger partial charge in [-0.25, -0.2) is 13.6 Å². The number of esters is 1. The molecule has 3 aromatic rings. The molecule has 0 bridgehead atoms. The summed E-state index contributed by atoms with van der Waals surface area (Å²) < 4.78 is 33.2. The zero-order valence-electron chi connectivity index (χ0n) is 15.8. The lowest BCUT2D eigenvalue weighted by molar-refractivity contribution is -0.152. The molecule has 152 valence electrons. The van der Waals surface area contributed by atoms with Crippen molar-refractivity contribution in [2.75, 3.05) is 5.32 Å². The third-order valence-electron chi connectivity index (χ3n) is 4.27. The molecule has 9 heteroatoms. The molecule has 1 aromatic heterocycles. The van der Waals surface area contributed by atoms with Crippen LogP contribution in [0.3, 0.4) is 0 Å². The lowest BCUT2D eigenvalue weighted by atomic mass is 10.1. The Morgan fingerprint density at radius 2 is 1.86 bits per heavy atom. The van der Waals surface area contributed by atoms with Gasteiger partial charge in [0.15, 0.2) is 6.10 Å². The van der Waals surface area contributed by atoms with Crippen molar-refractivity contribution in [1.82, 2.24) is 0 Å². The summed E-state index contributed by atoms with van der Waals surface area (Å²) in [5.74, 6) is -1.12. The highest BCUT2D eigenvalue weighted by Gasteiger charge is 2.20. The Hall–Kier alpha value is -3.17. The summed E-state index contributed by atoms with van der Waals surface area (Å²) >= 11 is 0. The Kier molecular flexibility index (Phi) is 5.71. The highest BCUT2D eigenvalue weighted by atomic mass is 32.2. The van der Waals surface area contributed by atoms with Crippen molar-refractivity contribution in [3.05, 3.63) is 59.9 Å². The SMILES string of the molecule is Cc1ccc2c(CC(=O)O[C@@H](C)C(=O)Nc3ccc(S(N)(=O)=O)cc3)coc2c1. The molecule has 0 aliphatic rings. The Bertz CT molecular complexity index is 1170. The van der Waals surface area contributed by atoms with Crippen molar-refractivity contribution in [1.29, 1.82) is 0 Å². The lowest BCUT2D eigenvalue weighted by Crippen LogP contribution is -2.30. The monoisotopic (exact) mass is 416 g/mol. The van der Waals surface area contributed by atoms with Gasteiger partial charge in [0.05, 0.1) is 17.6 Å². The standard InChI is InChI=1S/C20H20N2O6S/c1-12-3-8-17-14(11-27-18(17)9-12)10-19(23)28-13(2)20(24)22-15-4-6-16(7-5-15)29(21,25)26/h3-9,11,13H,10H2,1-2H3,(H,22,24)(H2,21,25,26)/t13-/m0/s1. The summed E-state index contributed by atoms with van der Waals surface area (Å²) in [6.45, 7) is 3.39. The van der Waals surface area contributed by atoms with E-state index in [0.717, 1.165) is 10.9 Å². The zero-order chi connectivity index (χ0) is 21.2. The number of amides is 1. The minimum Gasteiger partial charge on any atom is -0.464 e. The van der Waals surface area contributed by atoms with Crippen LogP contribution in [-0.4, -0.2) is 26.4 Å². The van der Waals surface area contributed by atoms with E-state index < -0.39 is 28.0 Å². The van der Waals surface area contributed by atoms with Crippen LogP contribution in [-0.2, 0) is 30.8 Å². The fourth-order valence-corrected chi connectivity index (χ4v) is 3.26. The van der Waals surface area contributed by atoms with Crippen molar-refractivity contribution in [2.24, 2.45) is 5.14 Å². The number of nitrogens with one attached hydrogen (secondary N) is 1. The Balaban J connectivity index is 1.59. The van der Waals surface area contributed by atoms with Crippen molar-refractivity contribution in [3.63, 3.8) is 0 Å². The average molecular weight is 416 g/mol. The maximum Gasteiger partial charge on any atom is 0.311 e. The number of sulfonamides is 1. The van der Waals surface area contributed by atoms with Crippen LogP contribution in [0.1, 0.15) is 18.1 Å². The van der Waals surface area contributed by atoms with Gasteiger partial charge in [-0.2, -0.15) is 0 Å². The Morgan fingerprint density at radius 3 is 2.52 bits per heavy atom. The number of aryl methyl sites for hydroxylation is 1. The fraction of sp³-hybridized carbons (Fsp3) is 0.200. The molecule has 2 aromatic carbocycles. The first-order valence-electron chi connectivity index (χ1n) is 8.73. The molecule has 1 heterocycles. The molecule has 0 saturated carbocycles. The first kappa shape index (κ1) is 20.6. The maximum absolute atomic E-state index is 12.2. The van der Waals surface area contributed by atoms with Gasteiger partial charge in [-0.1, -0.05) is 12.1 Å². The van der Waals surface area contributed by atoms with E-state index in [1.807, 2.05) is 25.1 Å². The van der Waals surface area contributed by atoms with Crippen LogP contribution in [0.4, 0.5) is 5.69 Å². The number of fused-ring (bicyclic) bond motifs is 1. The van der Waals surface area contributed by atoms with Gasteiger partial charge >= 0.3 is 5.97 Å². The predicted molar refractivity (Wildman–Crippen MR) is 107 cm³/mol. The molecule has 29 heavy (non-hydrogen) atoms. The van der Waals surface area contributed by atoms with Gasteiger partial charge in [-0.05, 0) is 49.7 Å². The fourth-order valence-electron chi connectivity index (χ4n) is 2.75. The van der Waals surface area contributed by atoms with Crippen LogP contribution in [0.25, 0.3) is 11.0 Å². The van der Waals surface area contributed by atoms with Crippen LogP contribution in [0.15, 0.2) is 58.0 Å². The van der Waals surface area contributed by atoms with Crippen LogP contribution >= 0.6 is 0 Å². The number of benzene rings is 2. The molecule has 0 fully saturated rings. The minimum atomic E-state index is -3.81. The maximum atomic E-state index is 12.2. The molecule has 1 atom stereocenters. The number of ether oxygens (including phenoxy) is 1. The summed E-state index contributed by atoms with van der Waals surface area (Å²) in [6, 6.07) is 11.0. The van der Waals surface area contributed by atoms with Gasteiger partial charge in [0.1, 0.15) is 5.58 Å². The number of hydrogen-bond acceptors (Lipinski definition) is 6. The van der Waals surface area contributed by atoms with E-state index in [9.17, 15) is 18.0 Å². The third-order valence-corrected chi connectivity index (χ3v) is 5.20. The van der Waals surface area contributed by atoms with Gasteiger partial charge < -0.3 is 14.5 Å². The predicted octanol–water partition coefficient (Wildman–Crippen LogP) is 2.50. The van der Waals surface area contributed by atoms with Crippen molar-refractivity contribution < 1.29 is 27.2 Å². The quantitative estimate of drug-likeness (QED) is 0.594. The highest BCUT2D eigenvalue weighted by molar-refractivity contribution is 7.89. The average Bonchev–Trinajstić information content (AvgIpc) is 3.03. The lowest BCUT2D eigenvalue weighted by Gasteiger charge is -2.13. The molecule has 0 spiro atoms. The van der Waals surface area contributed by atoms with Crippen LogP contribution in [0.5, 0.6) is 0 Å². The summed E-state index contributed by atoms with van der Waals surface area (Å²) in [5.41, 5.74) is 2.75. The van der Waals surface area contributed by atoms with Crippen molar-refractivity contribution >= 4 is 38.6 Å². The molecule has 0 aliphatic carbocycles. The molecule has 0 saturated heterocycles. The zero-order valence-corrected chi connectivity index (χ0v) is 16.7. The number of hydrogen-bond donors (Lipinski definition) is 2. The summed E-state index contributed by atoms with van der Waals surface area (Å²) in [7, 11) is -3.81. The van der Waals surface area contributed by atoms with Crippen LogP contribution in [0, 0.1) is 6.92 Å². The molecular formula is C20H20N2O6S. The highest BCUT2D eigenvalue weighted by Crippen LogP contribution is 2.23. The number of anilines is 1. The molecule has 0 unspecified atom stereocenters. The number of primary sulfonamides is 1. The summed E-state index contributed by atoms with van der Waals surface area (Å²) in [5, 5.41) is 8.40. The van der Waals surface area contributed by atoms with E-state index in [-0.39, 0.29) is 11.3 Å². The van der Waals surface area contributed by atoms with E-state index >= 15 is 0 Å². The third kappa shape index (κ3) is 5.01. The van der Waals surface area contributed by atoms with Gasteiger partial charge in [-0.3, -0.25) is 9.59 Å². The summed E-state index contributed by atoms with van der Waals surface area (Å²) in [4.78, 5) is 24.4. The Labute approximate surface area is 167 Å². The molecule has 0 aliphatic heterocycles. The second-order valence-electron chi connectivity index (χ2n) is 6.63. The van der Waals surface area contributed by atoms with Crippen molar-refractivity contribution in [3.8, 4) is 0 Å². The van der Waals surface area contributed by atoms with E-state index in [4.69, 9.17) is 14.3 Å². The number of furan rings is 1. The van der Waals surface area contributed by atoms with Gasteiger partial charge in [0.2, 0.25) is 10.0 Å². The molecule has 0 radical (unpaired) electrons. The van der Waals surface area contributed by atoms with Crippen LogP contribution in [0.2, 0.25) is 0 Å². The first-order valence-corrected chi connectivity index (χ1v) is 10.3. The second kappa shape index (κ2) is 8.06. The number of rotatable bonds is 6. The van der Waals surface area contributed by atoms with E-state index in [1.165, 1.54) is 37.5 Å². The van der Waals surface area contributed by atoms with Crippen LogP contribution < -0.4 is 10.5 Å². The molecule has 3 rings (SSSR count). The smallest absolute Gasteiger partial charge is 0.311 e. The van der Waals surface area contributed by atoms with Gasteiger partial charge in [0.25, 0.3) is 5.91 Å². The van der Waals surface area contributed by atoms with E-state index in [1.54, 1.807) is 0 Å². The van der Waals surface area contributed by atoms with E-state index in [0.29, 0.717) is 16.8 Å². The topological polar surface area (TPSA) is 129 Å². The van der Waals surface area contributed by atoms with Crippen molar-refractivity contribution in [2.45, 2.75) is 31.3 Å². The largest absolute Gasteiger partial charge is 0.464 e. The summed E-state index contributed by atoms with van der Waals surface area (Å²) in [6.07, 6.45) is 0.431. The molecule has 8 nitrogen and oxygen atoms in total. The van der Waals surface area contributed by atoms with Gasteiger partial charge in [-0.15, -0.1) is 0 Å². The number of nitrogens with two attached hydrogens (primary N) is 1. The van der Waals surface area contributed by atoms with E-state index in [2.05, 4.69) is 5.32 Å². The molecule has 3 N–H and O–H groups in total.